The molecule has 0 radical (unpaired) electrons. The van der Waals surface area contributed by atoms with Gasteiger partial charge in [0.05, 0.1) is 18.8 Å². The molecule has 0 saturated carbocycles. The number of likely N-dealkylation sites (N-methyl/N-ethyl adjacent to an activating group) is 1. The number of benzene rings is 1. The number of ether oxygens (including phenoxy) is 2. The Morgan fingerprint density at radius 1 is 1.26 bits per heavy atom. The van der Waals surface area contributed by atoms with E-state index in [0.717, 1.165) is 0 Å². The van der Waals surface area contributed by atoms with E-state index in [0.29, 0.717) is 65.1 Å². The Morgan fingerprint density at radius 3 is 2.69 bits per heavy atom. The van der Waals surface area contributed by atoms with Crippen molar-refractivity contribution < 1.29 is 18.7 Å². The molecule has 1 aliphatic rings. The summed E-state index contributed by atoms with van der Waals surface area (Å²) in [5.41, 5.74) is 0.749. The van der Waals surface area contributed by atoms with E-state index in [1.807, 2.05) is 4.90 Å². The van der Waals surface area contributed by atoms with Crippen molar-refractivity contribution in [2.45, 2.75) is 19.0 Å². The fourth-order valence-electron chi connectivity index (χ4n) is 3.90. The highest BCUT2D eigenvalue weighted by molar-refractivity contribution is 6.32. The number of rotatable bonds is 7. The second-order valence-electron chi connectivity index (χ2n) is 8.10. The monoisotopic (exact) mass is 504 g/mol. The molecule has 1 amide bonds. The number of methoxy groups -OCH3 is 1. The first-order valence-electron chi connectivity index (χ1n) is 11.0. The number of hydrogen-bond acceptors (Lipinski definition) is 8. The molecule has 1 saturated heterocycles. The molecule has 3 heterocycles. The smallest absolute Gasteiger partial charge is 0.293 e. The normalized spacial score (nSPS) is 14.1. The van der Waals surface area contributed by atoms with Crippen LogP contribution in [0.2, 0.25) is 5.02 Å². The molecule has 2 aromatic heterocycles. The maximum atomic E-state index is 13.5. The zero-order chi connectivity index (χ0) is 25.1. The molecule has 4 rings (SSSR count). The molecule has 2 N–H and O–H groups in total. The largest absolute Gasteiger partial charge is 0.494 e. The number of anilines is 3. The summed E-state index contributed by atoms with van der Waals surface area (Å²) in [5.74, 6) is 0.953. The van der Waals surface area contributed by atoms with Gasteiger partial charge in [0.15, 0.2) is 18.2 Å². The summed E-state index contributed by atoms with van der Waals surface area (Å²) in [5, 5.41) is 6.58. The van der Waals surface area contributed by atoms with Crippen LogP contribution in [0.3, 0.4) is 0 Å². The van der Waals surface area contributed by atoms with Crippen molar-refractivity contribution in [1.82, 2.24) is 19.9 Å². The van der Waals surface area contributed by atoms with Crippen molar-refractivity contribution in [3.05, 3.63) is 39.8 Å². The third-order valence-corrected chi connectivity index (χ3v) is 6.08. The number of hydrogen-bond donors (Lipinski definition) is 2. The Morgan fingerprint density at radius 2 is 2.00 bits per heavy atom. The van der Waals surface area contributed by atoms with Crippen LogP contribution < -0.4 is 30.6 Å². The standard InChI is InChI=1S/C23H26ClFN6O4/c1-26-19(32)12-35-18-9-13-8-15(10-17(34-3)20(13)30(2)22(18)33)28-21-16(24)11-27-23(29-21)31-6-4-14(25)5-7-31/h8-11,14H,4-7,12H2,1-3H3,(H,26,32)(H,27,28,29). The lowest BCUT2D eigenvalue weighted by atomic mass is 10.1. The maximum Gasteiger partial charge on any atom is 0.293 e. The second-order valence-corrected chi connectivity index (χ2v) is 8.51. The van der Waals surface area contributed by atoms with Crippen LogP contribution in [-0.4, -0.2) is 60.5 Å². The number of carbonyl (C=O) groups excluding carboxylic acids is 1. The zero-order valence-corrected chi connectivity index (χ0v) is 20.4. The Balaban J connectivity index is 1.69. The molecule has 186 valence electrons. The summed E-state index contributed by atoms with van der Waals surface area (Å²) in [6.07, 6.45) is 1.56. The predicted octanol–water partition coefficient (Wildman–Crippen LogP) is 2.80. The molecule has 35 heavy (non-hydrogen) atoms. The average Bonchev–Trinajstić information content (AvgIpc) is 2.86. The molecule has 10 nitrogen and oxygen atoms in total. The summed E-state index contributed by atoms with van der Waals surface area (Å²) in [6, 6.07) is 5.07. The Bertz CT molecular complexity index is 1310. The van der Waals surface area contributed by atoms with Crippen molar-refractivity contribution in [3.8, 4) is 11.5 Å². The van der Waals surface area contributed by atoms with Gasteiger partial charge in [-0.15, -0.1) is 0 Å². The molecule has 1 aromatic carbocycles. The van der Waals surface area contributed by atoms with Gasteiger partial charge < -0.3 is 29.6 Å². The van der Waals surface area contributed by atoms with E-state index in [2.05, 4.69) is 20.6 Å². The van der Waals surface area contributed by atoms with E-state index >= 15 is 0 Å². The highest BCUT2D eigenvalue weighted by Gasteiger charge is 2.21. The number of nitrogens with one attached hydrogen (secondary N) is 2. The third kappa shape index (κ3) is 5.24. The summed E-state index contributed by atoms with van der Waals surface area (Å²) >= 11 is 6.36. The molecule has 1 fully saturated rings. The van der Waals surface area contributed by atoms with E-state index in [1.54, 1.807) is 25.2 Å². The van der Waals surface area contributed by atoms with E-state index in [9.17, 15) is 14.0 Å². The minimum atomic E-state index is -0.803. The van der Waals surface area contributed by atoms with Gasteiger partial charge in [-0.05, 0) is 25.0 Å². The van der Waals surface area contributed by atoms with Crippen LogP contribution in [0.15, 0.2) is 29.2 Å². The van der Waals surface area contributed by atoms with Crippen LogP contribution in [0.4, 0.5) is 21.8 Å². The molecule has 1 aliphatic heterocycles. The summed E-state index contributed by atoms with van der Waals surface area (Å²) in [7, 11) is 4.59. The Kier molecular flexibility index (Phi) is 7.25. The Labute approximate surface area is 206 Å². The molecule has 0 spiro atoms. The van der Waals surface area contributed by atoms with Crippen LogP contribution in [0.5, 0.6) is 11.5 Å². The van der Waals surface area contributed by atoms with E-state index < -0.39 is 11.7 Å². The van der Waals surface area contributed by atoms with Crippen LogP contribution in [0.1, 0.15) is 12.8 Å². The molecule has 0 bridgehead atoms. The maximum absolute atomic E-state index is 13.5. The summed E-state index contributed by atoms with van der Waals surface area (Å²) < 4.78 is 25.9. The van der Waals surface area contributed by atoms with Crippen molar-refractivity contribution >= 4 is 45.9 Å². The van der Waals surface area contributed by atoms with E-state index in [1.165, 1.54) is 24.9 Å². The molecular formula is C23H26ClFN6O4. The lowest BCUT2D eigenvalue weighted by Gasteiger charge is -2.28. The predicted molar refractivity (Wildman–Crippen MR) is 132 cm³/mol. The van der Waals surface area contributed by atoms with Gasteiger partial charge in [-0.1, -0.05) is 11.6 Å². The van der Waals surface area contributed by atoms with Crippen LogP contribution in [-0.2, 0) is 11.8 Å². The highest BCUT2D eigenvalue weighted by atomic mass is 35.5. The zero-order valence-electron chi connectivity index (χ0n) is 19.6. The van der Waals surface area contributed by atoms with Crippen molar-refractivity contribution in [1.29, 1.82) is 0 Å². The van der Waals surface area contributed by atoms with Crippen molar-refractivity contribution in [2.75, 3.05) is 44.1 Å². The molecule has 0 aliphatic carbocycles. The fourth-order valence-corrected chi connectivity index (χ4v) is 4.04. The van der Waals surface area contributed by atoms with Crippen LogP contribution >= 0.6 is 11.6 Å². The van der Waals surface area contributed by atoms with Gasteiger partial charge in [0.2, 0.25) is 5.95 Å². The first-order chi connectivity index (χ1) is 16.8. The molecule has 0 unspecified atom stereocenters. The van der Waals surface area contributed by atoms with Gasteiger partial charge in [0.1, 0.15) is 16.9 Å². The SMILES string of the molecule is CNC(=O)COc1cc2cc(Nc3nc(N4CCC(F)CC4)ncc3Cl)cc(OC)c2n(C)c1=O. The van der Waals surface area contributed by atoms with Crippen molar-refractivity contribution in [2.24, 2.45) is 7.05 Å². The lowest BCUT2D eigenvalue weighted by Crippen LogP contribution is -2.35. The van der Waals surface area contributed by atoms with Gasteiger partial charge in [0.25, 0.3) is 11.5 Å². The topological polar surface area (TPSA) is 111 Å². The van der Waals surface area contributed by atoms with Crippen molar-refractivity contribution in [3.63, 3.8) is 0 Å². The fraction of sp³-hybridized carbons (Fsp3) is 0.391. The highest BCUT2D eigenvalue weighted by Crippen LogP contribution is 2.33. The average molecular weight is 505 g/mol. The van der Waals surface area contributed by atoms with Crippen LogP contribution in [0, 0.1) is 0 Å². The lowest BCUT2D eigenvalue weighted by molar-refractivity contribution is -0.122. The minimum absolute atomic E-state index is 0.0291. The van der Waals surface area contributed by atoms with E-state index in [4.69, 9.17) is 21.1 Å². The number of amides is 1. The van der Waals surface area contributed by atoms with Gasteiger partial charge in [-0.25, -0.2) is 9.37 Å². The number of halogens is 2. The van der Waals surface area contributed by atoms with Crippen LogP contribution in [0.25, 0.3) is 10.9 Å². The number of carbonyl (C=O) groups is 1. The molecule has 12 heteroatoms. The number of aromatic nitrogens is 3. The Hall–Kier alpha value is -3.60. The third-order valence-electron chi connectivity index (χ3n) is 5.80. The number of alkyl halides is 1. The van der Waals surface area contributed by atoms with Gasteiger partial charge >= 0.3 is 0 Å². The number of pyridine rings is 1. The summed E-state index contributed by atoms with van der Waals surface area (Å²) in [4.78, 5) is 35.1. The number of nitrogens with zero attached hydrogens (tertiary/aromatic N) is 4. The number of piperidine rings is 1. The molecule has 0 atom stereocenters. The number of fused-ring (bicyclic) bond motifs is 1. The van der Waals surface area contributed by atoms with Gasteiger partial charge in [0, 0.05) is 44.3 Å². The molecular weight excluding hydrogens is 479 g/mol. The first kappa shape index (κ1) is 24.5. The minimum Gasteiger partial charge on any atom is -0.494 e. The second kappa shape index (κ2) is 10.3. The first-order valence-corrected chi connectivity index (χ1v) is 11.4. The summed E-state index contributed by atoms with van der Waals surface area (Å²) in [6.45, 7) is 0.767. The van der Waals surface area contributed by atoms with Gasteiger partial charge in [-0.2, -0.15) is 4.98 Å². The van der Waals surface area contributed by atoms with E-state index in [-0.39, 0.29) is 18.3 Å². The van der Waals surface area contributed by atoms with Gasteiger partial charge in [-0.3, -0.25) is 9.59 Å². The quantitative estimate of drug-likeness (QED) is 0.505. The number of aryl methyl sites for hydroxylation is 1. The molecule has 3 aromatic rings.